The zero-order valence-corrected chi connectivity index (χ0v) is 13.6. The van der Waals surface area contributed by atoms with E-state index in [1.807, 2.05) is 49.4 Å². The highest BCUT2D eigenvalue weighted by molar-refractivity contribution is 5.82. The monoisotopic (exact) mass is 316 g/mol. The van der Waals surface area contributed by atoms with Gasteiger partial charge in [0.2, 0.25) is 0 Å². The van der Waals surface area contributed by atoms with Crippen molar-refractivity contribution in [3.8, 4) is 0 Å². The number of rotatable bonds is 7. The lowest BCUT2D eigenvalue weighted by Crippen LogP contribution is -2.33. The third-order valence-electron chi connectivity index (χ3n) is 4.00. The Balaban J connectivity index is 1.90. The Hall–Kier alpha value is -2.10. The van der Waals surface area contributed by atoms with Gasteiger partial charge >= 0.3 is 11.9 Å². The quantitative estimate of drug-likeness (QED) is 0.438. The number of ether oxygens (including phenoxy) is 2. The molecule has 0 N–H and O–H groups in total. The summed E-state index contributed by atoms with van der Waals surface area (Å²) >= 11 is 0. The van der Waals surface area contributed by atoms with Crippen LogP contribution >= 0.6 is 0 Å². The van der Waals surface area contributed by atoms with Crippen LogP contribution in [0.4, 0.5) is 0 Å². The molecule has 4 nitrogen and oxygen atoms in total. The number of carbonyl (C=O) groups is 2. The fourth-order valence-corrected chi connectivity index (χ4v) is 2.60. The highest BCUT2D eigenvalue weighted by atomic mass is 16.5. The Morgan fingerprint density at radius 3 is 2.22 bits per heavy atom. The number of hydrogen-bond donors (Lipinski definition) is 0. The highest BCUT2D eigenvalue weighted by Gasteiger charge is 2.36. The second kappa shape index (κ2) is 9.13. The largest absolute Gasteiger partial charge is 0.465 e. The molecule has 0 fully saturated rings. The van der Waals surface area contributed by atoms with Crippen molar-refractivity contribution in [3.05, 3.63) is 48.0 Å². The van der Waals surface area contributed by atoms with Gasteiger partial charge in [0, 0.05) is 0 Å². The van der Waals surface area contributed by atoms with Gasteiger partial charge in [0.1, 0.15) is 6.61 Å². The van der Waals surface area contributed by atoms with E-state index in [4.69, 9.17) is 9.47 Å². The lowest BCUT2D eigenvalue weighted by molar-refractivity contribution is -0.161. The Morgan fingerprint density at radius 1 is 1.00 bits per heavy atom. The third-order valence-corrected chi connectivity index (χ3v) is 4.00. The molecule has 23 heavy (non-hydrogen) atoms. The van der Waals surface area contributed by atoms with Gasteiger partial charge in [-0.05, 0) is 24.8 Å². The van der Waals surface area contributed by atoms with Gasteiger partial charge in [-0.25, -0.2) is 0 Å². The number of carbonyl (C=O) groups excluding carboxylic acids is 2. The minimum atomic E-state index is -0.446. The molecule has 124 valence electrons. The molecular formula is C19H24O4. The lowest BCUT2D eigenvalue weighted by Gasteiger charge is -2.25. The van der Waals surface area contributed by atoms with E-state index in [2.05, 4.69) is 0 Å². The van der Waals surface area contributed by atoms with E-state index in [1.165, 1.54) is 0 Å². The van der Waals surface area contributed by atoms with Crippen molar-refractivity contribution in [2.24, 2.45) is 11.8 Å². The molecule has 2 atom stereocenters. The van der Waals surface area contributed by atoms with Gasteiger partial charge in [-0.3, -0.25) is 9.59 Å². The standard InChI is InChI=1S/C19H24O4/c1-2-3-13-22-18(20)16-11-7-8-12-17(16)19(21)23-14-15-9-5-4-6-10-15/h4-10,16-17H,2-3,11-14H2,1H3. The topological polar surface area (TPSA) is 52.6 Å². The fraction of sp³-hybridized carbons (Fsp3) is 0.474. The number of benzene rings is 1. The molecule has 0 saturated carbocycles. The van der Waals surface area contributed by atoms with Gasteiger partial charge in [-0.15, -0.1) is 0 Å². The average Bonchev–Trinajstić information content (AvgIpc) is 2.60. The number of allylic oxidation sites excluding steroid dienone is 2. The first-order valence-corrected chi connectivity index (χ1v) is 8.24. The number of hydrogen-bond acceptors (Lipinski definition) is 4. The van der Waals surface area contributed by atoms with Gasteiger partial charge < -0.3 is 9.47 Å². The van der Waals surface area contributed by atoms with Crippen molar-refractivity contribution >= 4 is 11.9 Å². The van der Waals surface area contributed by atoms with Crippen LogP contribution in [-0.4, -0.2) is 18.5 Å². The van der Waals surface area contributed by atoms with Crippen LogP contribution in [0.3, 0.4) is 0 Å². The van der Waals surface area contributed by atoms with E-state index < -0.39 is 11.8 Å². The highest BCUT2D eigenvalue weighted by Crippen LogP contribution is 2.28. The summed E-state index contributed by atoms with van der Waals surface area (Å²) in [6.45, 7) is 2.69. The summed E-state index contributed by atoms with van der Waals surface area (Å²) < 4.78 is 10.7. The van der Waals surface area contributed by atoms with Crippen LogP contribution in [0.15, 0.2) is 42.5 Å². The van der Waals surface area contributed by atoms with E-state index in [1.54, 1.807) is 0 Å². The molecule has 1 aromatic rings. The minimum absolute atomic E-state index is 0.234. The Bertz CT molecular complexity index is 536. The van der Waals surface area contributed by atoms with E-state index in [9.17, 15) is 9.59 Å². The van der Waals surface area contributed by atoms with E-state index >= 15 is 0 Å². The lowest BCUT2D eigenvalue weighted by atomic mass is 9.83. The summed E-state index contributed by atoms with van der Waals surface area (Å²) in [7, 11) is 0. The van der Waals surface area contributed by atoms with E-state index in [-0.39, 0.29) is 18.5 Å². The maximum atomic E-state index is 12.4. The van der Waals surface area contributed by atoms with Crippen LogP contribution < -0.4 is 0 Å². The second-order valence-electron chi connectivity index (χ2n) is 5.77. The van der Waals surface area contributed by atoms with Crippen molar-refractivity contribution in [2.45, 2.75) is 39.2 Å². The van der Waals surface area contributed by atoms with Crippen molar-refractivity contribution in [1.82, 2.24) is 0 Å². The molecular weight excluding hydrogens is 292 g/mol. The average molecular weight is 316 g/mol. The smallest absolute Gasteiger partial charge is 0.310 e. The molecule has 0 aromatic heterocycles. The molecule has 1 aliphatic rings. The van der Waals surface area contributed by atoms with Crippen LogP contribution in [-0.2, 0) is 25.7 Å². The van der Waals surface area contributed by atoms with Crippen molar-refractivity contribution in [3.63, 3.8) is 0 Å². The van der Waals surface area contributed by atoms with Gasteiger partial charge in [0.25, 0.3) is 0 Å². The van der Waals surface area contributed by atoms with Crippen LogP contribution in [0.25, 0.3) is 0 Å². The van der Waals surface area contributed by atoms with Crippen LogP contribution in [0.1, 0.15) is 38.2 Å². The molecule has 2 rings (SSSR count). The summed E-state index contributed by atoms with van der Waals surface area (Å²) in [6.07, 6.45) is 6.76. The molecule has 0 radical (unpaired) electrons. The zero-order chi connectivity index (χ0) is 16.5. The normalized spacial score (nSPS) is 20.0. The maximum absolute atomic E-state index is 12.4. The summed E-state index contributed by atoms with van der Waals surface area (Å²) in [5, 5.41) is 0. The summed E-state index contributed by atoms with van der Waals surface area (Å²) in [6, 6.07) is 9.54. The van der Waals surface area contributed by atoms with Gasteiger partial charge in [-0.1, -0.05) is 55.8 Å². The summed E-state index contributed by atoms with van der Waals surface area (Å²) in [5.41, 5.74) is 0.939. The molecule has 0 amide bonds. The predicted molar refractivity (Wildman–Crippen MR) is 87.5 cm³/mol. The molecule has 1 aromatic carbocycles. The van der Waals surface area contributed by atoms with Gasteiger partial charge in [0.15, 0.2) is 0 Å². The van der Waals surface area contributed by atoms with Crippen molar-refractivity contribution in [2.75, 3.05) is 6.61 Å². The molecule has 0 bridgehead atoms. The Kier molecular flexibility index (Phi) is 6.85. The second-order valence-corrected chi connectivity index (χ2v) is 5.77. The zero-order valence-electron chi connectivity index (χ0n) is 13.6. The summed E-state index contributed by atoms with van der Waals surface area (Å²) in [5.74, 6) is -1.49. The van der Waals surface area contributed by atoms with Crippen LogP contribution in [0.2, 0.25) is 0 Å². The van der Waals surface area contributed by atoms with Crippen LogP contribution in [0, 0.1) is 11.8 Å². The predicted octanol–water partition coefficient (Wildman–Crippen LogP) is 3.66. The molecule has 0 aliphatic heterocycles. The molecule has 2 unspecified atom stereocenters. The third kappa shape index (κ3) is 5.23. The van der Waals surface area contributed by atoms with Gasteiger partial charge in [-0.2, -0.15) is 0 Å². The maximum Gasteiger partial charge on any atom is 0.310 e. The number of unbranched alkanes of at least 4 members (excludes halogenated alkanes) is 1. The summed E-state index contributed by atoms with van der Waals surface area (Å²) in [4.78, 5) is 24.6. The molecule has 0 saturated heterocycles. The first kappa shape index (κ1) is 17.3. The van der Waals surface area contributed by atoms with E-state index in [0.29, 0.717) is 19.4 Å². The molecule has 0 heterocycles. The molecule has 0 spiro atoms. The fourth-order valence-electron chi connectivity index (χ4n) is 2.60. The molecule has 1 aliphatic carbocycles. The van der Waals surface area contributed by atoms with Crippen molar-refractivity contribution < 1.29 is 19.1 Å². The first-order chi connectivity index (χ1) is 11.2. The number of esters is 2. The van der Waals surface area contributed by atoms with Crippen molar-refractivity contribution in [1.29, 1.82) is 0 Å². The first-order valence-electron chi connectivity index (χ1n) is 8.24. The molecule has 4 heteroatoms. The van der Waals surface area contributed by atoms with Crippen LogP contribution in [0.5, 0.6) is 0 Å². The Labute approximate surface area is 137 Å². The Morgan fingerprint density at radius 2 is 1.61 bits per heavy atom. The van der Waals surface area contributed by atoms with E-state index in [0.717, 1.165) is 18.4 Å². The SMILES string of the molecule is CCCCOC(=O)C1CC=CCC1C(=O)OCc1ccccc1. The van der Waals surface area contributed by atoms with Gasteiger partial charge in [0.05, 0.1) is 18.4 Å². The minimum Gasteiger partial charge on any atom is -0.465 e.